The Morgan fingerprint density at radius 3 is 2.36 bits per heavy atom. The molecular formula is C24H32N2O6S. The van der Waals surface area contributed by atoms with Crippen LogP contribution in [0.5, 0.6) is 5.75 Å². The van der Waals surface area contributed by atoms with Crippen LogP contribution in [0.1, 0.15) is 54.7 Å². The van der Waals surface area contributed by atoms with Crippen molar-refractivity contribution in [3.05, 3.63) is 59.2 Å². The Bertz CT molecular complexity index is 1080. The summed E-state index contributed by atoms with van der Waals surface area (Å²) in [6.07, 6.45) is -0.0801. The summed E-state index contributed by atoms with van der Waals surface area (Å²) in [5, 5.41) is 2.84. The number of amides is 1. The third-order valence-electron chi connectivity index (χ3n) is 5.25. The molecule has 0 aromatic heterocycles. The number of carbonyl (C=O) groups is 2. The van der Waals surface area contributed by atoms with Crippen LogP contribution in [0.25, 0.3) is 0 Å². The zero-order chi connectivity index (χ0) is 24.6. The highest BCUT2D eigenvalue weighted by molar-refractivity contribution is 7.89. The number of hydrogen-bond donors (Lipinski definition) is 1. The number of sulfonamides is 1. The zero-order valence-electron chi connectivity index (χ0n) is 19.8. The molecule has 0 aliphatic heterocycles. The van der Waals surface area contributed by atoms with Crippen LogP contribution in [-0.2, 0) is 19.6 Å². The number of aryl methyl sites for hydroxylation is 1. The van der Waals surface area contributed by atoms with Crippen molar-refractivity contribution in [1.82, 2.24) is 9.62 Å². The molecule has 0 fully saturated rings. The minimum atomic E-state index is -3.74. The lowest BCUT2D eigenvalue weighted by atomic mass is 10.0. The molecule has 180 valence electrons. The van der Waals surface area contributed by atoms with Gasteiger partial charge in [-0.3, -0.25) is 9.59 Å². The van der Waals surface area contributed by atoms with Crippen molar-refractivity contribution < 1.29 is 27.5 Å². The van der Waals surface area contributed by atoms with Gasteiger partial charge in [0.15, 0.2) is 0 Å². The molecule has 0 saturated carbocycles. The van der Waals surface area contributed by atoms with Crippen LogP contribution in [0.4, 0.5) is 0 Å². The number of nitrogens with zero attached hydrogens (tertiary/aromatic N) is 1. The number of benzene rings is 2. The van der Waals surface area contributed by atoms with E-state index >= 15 is 0 Å². The van der Waals surface area contributed by atoms with Gasteiger partial charge in [-0.2, -0.15) is 4.31 Å². The van der Waals surface area contributed by atoms with Crippen LogP contribution in [0.3, 0.4) is 0 Å². The Kier molecular flexibility index (Phi) is 9.43. The lowest BCUT2D eigenvalue weighted by Crippen LogP contribution is -2.32. The number of rotatable bonds is 11. The monoisotopic (exact) mass is 476 g/mol. The van der Waals surface area contributed by atoms with E-state index in [4.69, 9.17) is 9.47 Å². The first-order valence-corrected chi connectivity index (χ1v) is 12.3. The summed E-state index contributed by atoms with van der Waals surface area (Å²) in [6, 6.07) is 10.9. The van der Waals surface area contributed by atoms with Crippen molar-refractivity contribution in [3.63, 3.8) is 0 Å². The quantitative estimate of drug-likeness (QED) is 0.499. The molecule has 1 atom stereocenters. The van der Waals surface area contributed by atoms with Crippen LogP contribution in [0.15, 0.2) is 47.4 Å². The van der Waals surface area contributed by atoms with E-state index in [-0.39, 0.29) is 23.5 Å². The lowest BCUT2D eigenvalue weighted by molar-refractivity contribution is -0.143. The molecule has 0 spiro atoms. The Morgan fingerprint density at radius 2 is 1.76 bits per heavy atom. The third kappa shape index (κ3) is 6.55. The Balaban J connectivity index is 2.40. The predicted octanol–water partition coefficient (Wildman–Crippen LogP) is 3.46. The summed E-state index contributed by atoms with van der Waals surface area (Å²) in [6.45, 7) is 7.81. The van der Waals surface area contributed by atoms with Gasteiger partial charge in [-0.05, 0) is 49.2 Å². The van der Waals surface area contributed by atoms with Crippen LogP contribution in [0, 0.1) is 6.92 Å². The molecule has 0 bridgehead atoms. The number of esters is 1. The summed E-state index contributed by atoms with van der Waals surface area (Å²) in [7, 11) is -2.21. The zero-order valence-corrected chi connectivity index (χ0v) is 20.6. The fourth-order valence-electron chi connectivity index (χ4n) is 3.46. The summed E-state index contributed by atoms with van der Waals surface area (Å²) < 4.78 is 37.7. The number of nitrogens with one attached hydrogen (secondary N) is 1. The second kappa shape index (κ2) is 11.8. The summed E-state index contributed by atoms with van der Waals surface area (Å²) in [5.41, 5.74) is 1.40. The molecule has 2 aromatic rings. The third-order valence-corrected chi connectivity index (χ3v) is 7.44. The van der Waals surface area contributed by atoms with Crippen molar-refractivity contribution in [2.75, 3.05) is 26.8 Å². The average molecular weight is 477 g/mol. The second-order valence-electron chi connectivity index (χ2n) is 7.38. The predicted molar refractivity (Wildman–Crippen MR) is 126 cm³/mol. The molecule has 2 rings (SSSR count). The minimum absolute atomic E-state index is 0.0801. The van der Waals surface area contributed by atoms with Gasteiger partial charge in [0.1, 0.15) is 5.75 Å². The first-order chi connectivity index (χ1) is 15.7. The molecule has 0 aliphatic rings. The molecule has 0 heterocycles. The number of carbonyl (C=O) groups excluding carboxylic acids is 2. The first kappa shape index (κ1) is 26.3. The van der Waals surface area contributed by atoms with Gasteiger partial charge >= 0.3 is 5.97 Å². The van der Waals surface area contributed by atoms with E-state index in [9.17, 15) is 18.0 Å². The number of ether oxygens (including phenoxy) is 2. The van der Waals surface area contributed by atoms with Crippen molar-refractivity contribution in [3.8, 4) is 5.75 Å². The normalized spacial score (nSPS) is 12.3. The van der Waals surface area contributed by atoms with Crippen molar-refractivity contribution in [2.45, 2.75) is 45.1 Å². The van der Waals surface area contributed by atoms with E-state index in [1.165, 1.54) is 17.5 Å². The molecule has 1 amide bonds. The molecule has 9 heteroatoms. The van der Waals surface area contributed by atoms with Crippen LogP contribution in [0.2, 0.25) is 0 Å². The van der Waals surface area contributed by atoms with Gasteiger partial charge in [-0.25, -0.2) is 8.42 Å². The minimum Gasteiger partial charge on any atom is -0.497 e. The largest absolute Gasteiger partial charge is 0.497 e. The molecule has 0 aliphatic carbocycles. The summed E-state index contributed by atoms with van der Waals surface area (Å²) in [5.74, 6) is -0.374. The Morgan fingerprint density at radius 1 is 1.06 bits per heavy atom. The van der Waals surface area contributed by atoms with Gasteiger partial charge in [0.2, 0.25) is 10.0 Å². The molecule has 0 radical (unpaired) electrons. The molecule has 33 heavy (non-hydrogen) atoms. The Hall–Kier alpha value is -2.91. The highest BCUT2D eigenvalue weighted by Crippen LogP contribution is 2.25. The molecule has 1 unspecified atom stereocenters. The SMILES string of the molecule is CCOC(=O)CC(NC(=O)c1ccc(C)c(S(=O)(=O)N(CC)CC)c1)c1cccc(OC)c1. The second-order valence-corrected chi connectivity index (χ2v) is 9.29. The molecule has 0 saturated heterocycles. The molecule has 1 N–H and O–H groups in total. The van der Waals surface area contributed by atoms with Crippen LogP contribution in [-0.4, -0.2) is 51.4 Å². The average Bonchev–Trinajstić information content (AvgIpc) is 2.79. The van der Waals surface area contributed by atoms with Crippen molar-refractivity contribution in [2.24, 2.45) is 0 Å². The van der Waals surface area contributed by atoms with Crippen LogP contribution < -0.4 is 10.1 Å². The van der Waals surface area contributed by atoms with Crippen molar-refractivity contribution >= 4 is 21.9 Å². The standard InChI is InChI=1S/C24H32N2O6S/c1-6-26(7-2)33(29,30)22-15-19(13-12-17(22)4)24(28)25-21(16-23(27)32-8-3)18-10-9-11-20(14-18)31-5/h9-15,21H,6-8,16H2,1-5H3,(H,25,28). The maximum Gasteiger partial charge on any atom is 0.308 e. The van der Waals surface area contributed by atoms with Crippen LogP contribution >= 0.6 is 0 Å². The van der Waals surface area contributed by atoms with Gasteiger partial charge < -0.3 is 14.8 Å². The van der Waals surface area contributed by atoms with Gasteiger partial charge in [0, 0.05) is 18.7 Å². The van der Waals surface area contributed by atoms with E-state index in [1.807, 2.05) is 0 Å². The summed E-state index contributed by atoms with van der Waals surface area (Å²) in [4.78, 5) is 25.4. The number of methoxy groups -OCH3 is 1. The Labute approximate surface area is 195 Å². The van der Waals surface area contributed by atoms with Gasteiger partial charge in [-0.15, -0.1) is 0 Å². The smallest absolute Gasteiger partial charge is 0.308 e. The number of hydrogen-bond acceptors (Lipinski definition) is 6. The van der Waals surface area contributed by atoms with E-state index < -0.39 is 27.9 Å². The highest BCUT2D eigenvalue weighted by Gasteiger charge is 2.26. The van der Waals surface area contributed by atoms with Gasteiger partial charge in [0.05, 0.1) is 31.1 Å². The van der Waals surface area contributed by atoms with E-state index in [0.717, 1.165) is 0 Å². The fourth-order valence-corrected chi connectivity index (χ4v) is 5.17. The van der Waals surface area contributed by atoms with Crippen molar-refractivity contribution in [1.29, 1.82) is 0 Å². The van der Waals surface area contributed by atoms with E-state index in [1.54, 1.807) is 64.1 Å². The van der Waals surface area contributed by atoms with Gasteiger partial charge in [-0.1, -0.05) is 32.0 Å². The van der Waals surface area contributed by atoms with E-state index in [0.29, 0.717) is 30.0 Å². The first-order valence-electron chi connectivity index (χ1n) is 10.9. The summed E-state index contributed by atoms with van der Waals surface area (Å²) >= 11 is 0. The maximum absolute atomic E-state index is 13.1. The highest BCUT2D eigenvalue weighted by atomic mass is 32.2. The molecular weight excluding hydrogens is 444 g/mol. The van der Waals surface area contributed by atoms with E-state index in [2.05, 4.69) is 5.32 Å². The van der Waals surface area contributed by atoms with Gasteiger partial charge in [0.25, 0.3) is 5.91 Å². The maximum atomic E-state index is 13.1. The molecule has 8 nitrogen and oxygen atoms in total. The topological polar surface area (TPSA) is 102 Å². The fraction of sp³-hybridized carbons (Fsp3) is 0.417. The lowest BCUT2D eigenvalue weighted by Gasteiger charge is -2.21. The molecule has 2 aromatic carbocycles.